The monoisotopic (exact) mass is 382 g/mol. The van der Waals surface area contributed by atoms with E-state index in [9.17, 15) is 0 Å². The molecule has 2 atom stereocenters. The average Bonchev–Trinajstić information content (AvgIpc) is 2.48. The van der Waals surface area contributed by atoms with Crippen LogP contribution in [0.2, 0.25) is 0 Å². The molecule has 0 N–H and O–H groups in total. The van der Waals surface area contributed by atoms with Crippen LogP contribution in [0, 0.1) is 0 Å². The van der Waals surface area contributed by atoms with Crippen LogP contribution >= 0.6 is 31.9 Å². The van der Waals surface area contributed by atoms with Gasteiger partial charge in [0.15, 0.2) is 0 Å². The van der Waals surface area contributed by atoms with E-state index in [0.717, 1.165) is 17.5 Å². The van der Waals surface area contributed by atoms with Gasteiger partial charge in [-0.2, -0.15) is 0 Å². The minimum atomic E-state index is 0.269. The van der Waals surface area contributed by atoms with Crippen LogP contribution in [0.3, 0.4) is 0 Å². The Kier molecular flexibility index (Phi) is 4.25. The molecule has 1 heterocycles. The SMILES string of the molecule is Brc1ccc(C(Br)C2CCCCO2)c2ccccc12. The molecule has 3 heteroatoms. The Morgan fingerprint density at radius 2 is 1.84 bits per heavy atom. The highest BCUT2D eigenvalue weighted by Crippen LogP contribution is 2.38. The van der Waals surface area contributed by atoms with Crippen molar-refractivity contribution in [2.45, 2.75) is 30.2 Å². The number of hydrogen-bond donors (Lipinski definition) is 0. The summed E-state index contributed by atoms with van der Waals surface area (Å²) in [6, 6.07) is 12.9. The topological polar surface area (TPSA) is 9.23 Å². The summed E-state index contributed by atoms with van der Waals surface area (Å²) in [6.45, 7) is 0.890. The molecule has 1 aliphatic rings. The molecule has 1 fully saturated rings. The number of alkyl halides is 1. The first-order chi connectivity index (χ1) is 9.27. The predicted molar refractivity (Wildman–Crippen MR) is 86.9 cm³/mol. The molecule has 100 valence electrons. The van der Waals surface area contributed by atoms with Crippen LogP contribution in [-0.4, -0.2) is 12.7 Å². The van der Waals surface area contributed by atoms with Crippen molar-refractivity contribution in [2.75, 3.05) is 6.61 Å². The third kappa shape index (κ3) is 2.74. The van der Waals surface area contributed by atoms with Crippen LogP contribution in [-0.2, 0) is 4.74 Å². The smallest absolute Gasteiger partial charge is 0.0741 e. The van der Waals surface area contributed by atoms with Gasteiger partial charge in [-0.1, -0.05) is 62.2 Å². The van der Waals surface area contributed by atoms with Gasteiger partial charge in [-0.15, -0.1) is 0 Å². The molecule has 3 rings (SSSR count). The van der Waals surface area contributed by atoms with Gasteiger partial charge in [0.1, 0.15) is 0 Å². The van der Waals surface area contributed by atoms with E-state index in [1.165, 1.54) is 29.2 Å². The van der Waals surface area contributed by atoms with Crippen molar-refractivity contribution in [3.05, 3.63) is 46.4 Å². The zero-order chi connectivity index (χ0) is 13.2. The Balaban J connectivity index is 2.02. The Morgan fingerprint density at radius 3 is 2.58 bits per heavy atom. The molecule has 0 aliphatic carbocycles. The molecular formula is C16H16Br2O. The van der Waals surface area contributed by atoms with E-state index in [1.807, 2.05) is 0 Å². The van der Waals surface area contributed by atoms with Gasteiger partial charge in [-0.3, -0.25) is 0 Å². The first-order valence-corrected chi connectivity index (χ1v) is 8.41. The van der Waals surface area contributed by atoms with E-state index in [2.05, 4.69) is 68.3 Å². The normalized spacial score (nSPS) is 21.5. The Bertz CT molecular complexity index is 576. The molecule has 19 heavy (non-hydrogen) atoms. The molecule has 1 nitrogen and oxygen atoms in total. The molecule has 2 aromatic rings. The fourth-order valence-corrected chi connectivity index (χ4v) is 4.02. The molecule has 0 amide bonds. The largest absolute Gasteiger partial charge is 0.377 e. The van der Waals surface area contributed by atoms with Gasteiger partial charge in [-0.05, 0) is 41.7 Å². The summed E-state index contributed by atoms with van der Waals surface area (Å²) in [5.41, 5.74) is 1.32. The third-order valence-corrected chi connectivity index (χ3v) is 5.52. The molecular weight excluding hydrogens is 368 g/mol. The summed E-state index contributed by atoms with van der Waals surface area (Å²) < 4.78 is 7.06. The minimum absolute atomic E-state index is 0.269. The van der Waals surface area contributed by atoms with Crippen molar-refractivity contribution in [1.82, 2.24) is 0 Å². The second kappa shape index (κ2) is 5.94. The lowest BCUT2D eigenvalue weighted by atomic mass is 9.96. The second-order valence-corrected chi connectivity index (χ2v) is 6.83. The van der Waals surface area contributed by atoms with Crippen LogP contribution in [0.25, 0.3) is 10.8 Å². The van der Waals surface area contributed by atoms with Gasteiger partial charge in [0.25, 0.3) is 0 Å². The molecule has 0 spiro atoms. The van der Waals surface area contributed by atoms with Gasteiger partial charge in [0, 0.05) is 11.1 Å². The minimum Gasteiger partial charge on any atom is -0.377 e. The molecule has 0 aromatic heterocycles. The summed E-state index contributed by atoms with van der Waals surface area (Å²) in [5, 5.41) is 2.56. The lowest BCUT2D eigenvalue weighted by Gasteiger charge is -2.28. The van der Waals surface area contributed by atoms with Crippen LogP contribution < -0.4 is 0 Å². The van der Waals surface area contributed by atoms with E-state index < -0.39 is 0 Å². The van der Waals surface area contributed by atoms with E-state index in [1.54, 1.807) is 0 Å². The van der Waals surface area contributed by atoms with Gasteiger partial charge in [-0.25, -0.2) is 0 Å². The molecule has 0 radical (unpaired) electrons. The Hall–Kier alpha value is -0.380. The van der Waals surface area contributed by atoms with Crippen molar-refractivity contribution in [3.63, 3.8) is 0 Å². The molecule has 2 unspecified atom stereocenters. The van der Waals surface area contributed by atoms with Gasteiger partial charge < -0.3 is 4.74 Å². The van der Waals surface area contributed by atoms with E-state index in [0.29, 0.717) is 6.10 Å². The van der Waals surface area contributed by atoms with Gasteiger partial charge in [0.2, 0.25) is 0 Å². The number of halogens is 2. The number of rotatable bonds is 2. The highest BCUT2D eigenvalue weighted by atomic mass is 79.9. The zero-order valence-electron chi connectivity index (χ0n) is 10.6. The maximum absolute atomic E-state index is 5.91. The zero-order valence-corrected chi connectivity index (χ0v) is 13.8. The quantitative estimate of drug-likeness (QED) is 0.612. The van der Waals surface area contributed by atoms with E-state index >= 15 is 0 Å². The first-order valence-electron chi connectivity index (χ1n) is 6.70. The summed E-state index contributed by atoms with van der Waals surface area (Å²) in [7, 11) is 0. The third-order valence-electron chi connectivity index (χ3n) is 3.74. The molecule has 1 aliphatic heterocycles. The summed E-state index contributed by atoms with van der Waals surface area (Å²) in [5.74, 6) is 0. The standard InChI is InChI=1S/C16H16Br2O/c17-14-9-8-13(11-5-1-2-6-12(11)14)16(18)15-7-3-4-10-19-15/h1-2,5-6,8-9,15-16H,3-4,7,10H2. The Labute approximate surface area is 130 Å². The number of hydrogen-bond acceptors (Lipinski definition) is 1. The van der Waals surface area contributed by atoms with Crippen molar-refractivity contribution in [1.29, 1.82) is 0 Å². The maximum Gasteiger partial charge on any atom is 0.0741 e. The molecule has 1 saturated heterocycles. The van der Waals surface area contributed by atoms with Crippen LogP contribution in [0.4, 0.5) is 0 Å². The summed E-state index contributed by atoms with van der Waals surface area (Å²) >= 11 is 7.48. The molecule has 2 aromatic carbocycles. The van der Waals surface area contributed by atoms with Crippen LogP contribution in [0.15, 0.2) is 40.9 Å². The van der Waals surface area contributed by atoms with Crippen molar-refractivity contribution in [3.8, 4) is 0 Å². The van der Waals surface area contributed by atoms with E-state index in [4.69, 9.17) is 4.74 Å². The lowest BCUT2D eigenvalue weighted by molar-refractivity contribution is 0.0162. The van der Waals surface area contributed by atoms with Crippen molar-refractivity contribution in [2.24, 2.45) is 0 Å². The fourth-order valence-electron chi connectivity index (χ4n) is 2.72. The van der Waals surface area contributed by atoms with Gasteiger partial charge >= 0.3 is 0 Å². The fraction of sp³-hybridized carbons (Fsp3) is 0.375. The van der Waals surface area contributed by atoms with Crippen molar-refractivity contribution < 1.29 is 4.74 Å². The summed E-state index contributed by atoms with van der Waals surface area (Å²) in [4.78, 5) is 0.269. The highest BCUT2D eigenvalue weighted by Gasteiger charge is 2.25. The van der Waals surface area contributed by atoms with Crippen LogP contribution in [0.1, 0.15) is 29.7 Å². The van der Waals surface area contributed by atoms with Crippen molar-refractivity contribution >= 4 is 42.6 Å². The number of benzene rings is 2. The Morgan fingerprint density at radius 1 is 1.05 bits per heavy atom. The van der Waals surface area contributed by atoms with E-state index in [-0.39, 0.29) is 4.83 Å². The molecule has 0 saturated carbocycles. The lowest BCUT2D eigenvalue weighted by Crippen LogP contribution is -2.23. The number of ether oxygens (including phenoxy) is 1. The highest BCUT2D eigenvalue weighted by molar-refractivity contribution is 9.10. The molecule has 0 bridgehead atoms. The first kappa shape index (κ1) is 13.6. The number of fused-ring (bicyclic) bond motifs is 1. The summed E-state index contributed by atoms with van der Waals surface area (Å²) in [6.07, 6.45) is 3.89. The predicted octanol–water partition coefficient (Wildman–Crippen LogP) is 5.61. The average molecular weight is 384 g/mol. The second-order valence-electron chi connectivity index (χ2n) is 4.99. The van der Waals surface area contributed by atoms with Crippen LogP contribution in [0.5, 0.6) is 0 Å². The maximum atomic E-state index is 5.91. The van der Waals surface area contributed by atoms with Gasteiger partial charge in [0.05, 0.1) is 10.9 Å².